The van der Waals surface area contributed by atoms with Gasteiger partial charge in [0, 0.05) is 17.0 Å². The predicted octanol–water partition coefficient (Wildman–Crippen LogP) is 1.83. The van der Waals surface area contributed by atoms with E-state index < -0.39 is 35.7 Å². The summed E-state index contributed by atoms with van der Waals surface area (Å²) in [6, 6.07) is 6.55. The summed E-state index contributed by atoms with van der Waals surface area (Å²) in [4.78, 5) is 48.7. The average molecular weight is 399 g/mol. The standard InChI is InChI=1S/C18H19ClO8/c1-11(14(20)27-10-12-5-7-13(19)8-6-12)9-18(15(21)24-2,16(22)25-3)17(23)26-4/h5-8H,1,9-10H2,2-4H3. The number of halogens is 1. The van der Waals surface area contributed by atoms with Crippen LogP contribution in [0, 0.1) is 5.41 Å². The summed E-state index contributed by atoms with van der Waals surface area (Å²) in [5.41, 5.74) is -2.18. The second kappa shape index (κ2) is 9.72. The molecule has 0 aliphatic heterocycles. The van der Waals surface area contributed by atoms with Crippen molar-refractivity contribution in [3.63, 3.8) is 0 Å². The molecular weight excluding hydrogens is 380 g/mol. The van der Waals surface area contributed by atoms with Crippen LogP contribution in [0.4, 0.5) is 0 Å². The van der Waals surface area contributed by atoms with E-state index in [4.69, 9.17) is 16.3 Å². The van der Waals surface area contributed by atoms with Crippen molar-refractivity contribution in [2.24, 2.45) is 5.41 Å². The van der Waals surface area contributed by atoms with Crippen LogP contribution in [0.2, 0.25) is 5.02 Å². The van der Waals surface area contributed by atoms with E-state index in [1.54, 1.807) is 24.3 Å². The van der Waals surface area contributed by atoms with E-state index in [9.17, 15) is 19.2 Å². The Morgan fingerprint density at radius 2 is 1.37 bits per heavy atom. The maximum atomic E-state index is 12.2. The number of carbonyl (C=O) groups is 4. The first-order valence-corrected chi connectivity index (χ1v) is 7.95. The van der Waals surface area contributed by atoms with Crippen molar-refractivity contribution in [1.29, 1.82) is 0 Å². The molecule has 1 aromatic rings. The largest absolute Gasteiger partial charge is 0.468 e. The molecule has 9 heteroatoms. The number of carbonyl (C=O) groups excluding carboxylic acids is 4. The van der Waals surface area contributed by atoms with Crippen molar-refractivity contribution in [2.45, 2.75) is 13.0 Å². The van der Waals surface area contributed by atoms with E-state index >= 15 is 0 Å². The number of ether oxygens (including phenoxy) is 4. The average Bonchev–Trinajstić information content (AvgIpc) is 2.69. The van der Waals surface area contributed by atoms with E-state index in [1.165, 1.54) is 0 Å². The second-order valence-corrected chi connectivity index (χ2v) is 5.80. The van der Waals surface area contributed by atoms with Crippen LogP contribution in [-0.2, 0) is 44.7 Å². The minimum atomic E-state index is -2.52. The molecule has 0 aromatic heterocycles. The number of methoxy groups -OCH3 is 3. The minimum Gasteiger partial charge on any atom is -0.468 e. The Hall–Kier alpha value is -2.87. The maximum absolute atomic E-state index is 12.2. The van der Waals surface area contributed by atoms with Crippen molar-refractivity contribution in [2.75, 3.05) is 21.3 Å². The topological polar surface area (TPSA) is 105 Å². The van der Waals surface area contributed by atoms with Gasteiger partial charge in [0.05, 0.1) is 21.3 Å². The summed E-state index contributed by atoms with van der Waals surface area (Å²) < 4.78 is 18.7. The van der Waals surface area contributed by atoms with Crippen LogP contribution in [0.25, 0.3) is 0 Å². The fourth-order valence-electron chi connectivity index (χ4n) is 2.21. The zero-order chi connectivity index (χ0) is 20.6. The monoisotopic (exact) mass is 398 g/mol. The van der Waals surface area contributed by atoms with Gasteiger partial charge in [-0.2, -0.15) is 0 Å². The summed E-state index contributed by atoms with van der Waals surface area (Å²) >= 11 is 5.77. The number of benzene rings is 1. The van der Waals surface area contributed by atoms with Gasteiger partial charge < -0.3 is 18.9 Å². The Morgan fingerprint density at radius 1 is 0.926 bits per heavy atom. The summed E-state index contributed by atoms with van der Waals surface area (Å²) in [5, 5.41) is 0.522. The number of hydrogen-bond acceptors (Lipinski definition) is 8. The fourth-order valence-corrected chi connectivity index (χ4v) is 2.34. The highest BCUT2D eigenvalue weighted by atomic mass is 35.5. The molecule has 0 amide bonds. The molecule has 0 atom stereocenters. The van der Waals surface area contributed by atoms with Crippen LogP contribution in [0.1, 0.15) is 12.0 Å². The summed E-state index contributed by atoms with van der Waals surface area (Å²) in [5.74, 6) is -4.64. The molecule has 0 fully saturated rings. The summed E-state index contributed by atoms with van der Waals surface area (Å²) in [6.45, 7) is 3.40. The normalized spacial score (nSPS) is 10.5. The molecule has 146 valence electrons. The first kappa shape index (κ1) is 22.2. The number of hydrogen-bond donors (Lipinski definition) is 0. The van der Waals surface area contributed by atoms with Gasteiger partial charge in [-0.25, -0.2) is 4.79 Å². The minimum absolute atomic E-state index is 0.101. The molecular formula is C18H19ClO8. The van der Waals surface area contributed by atoms with Gasteiger partial charge in [0.2, 0.25) is 0 Å². The molecule has 0 unspecified atom stereocenters. The zero-order valence-electron chi connectivity index (χ0n) is 15.1. The molecule has 0 N–H and O–H groups in total. The lowest BCUT2D eigenvalue weighted by Gasteiger charge is -2.25. The van der Waals surface area contributed by atoms with Crippen LogP contribution in [0.3, 0.4) is 0 Å². The van der Waals surface area contributed by atoms with Crippen LogP contribution < -0.4 is 0 Å². The molecule has 8 nitrogen and oxygen atoms in total. The van der Waals surface area contributed by atoms with Crippen molar-refractivity contribution in [3.05, 3.63) is 47.0 Å². The van der Waals surface area contributed by atoms with Gasteiger partial charge >= 0.3 is 23.9 Å². The van der Waals surface area contributed by atoms with E-state index in [1.807, 2.05) is 0 Å². The summed E-state index contributed by atoms with van der Waals surface area (Å²) in [6.07, 6.45) is -0.724. The molecule has 27 heavy (non-hydrogen) atoms. The molecule has 1 rings (SSSR count). The lowest BCUT2D eigenvalue weighted by atomic mass is 9.81. The highest BCUT2D eigenvalue weighted by Crippen LogP contribution is 2.31. The zero-order valence-corrected chi connectivity index (χ0v) is 15.8. The third-order valence-electron chi connectivity index (χ3n) is 3.65. The molecule has 0 bridgehead atoms. The van der Waals surface area contributed by atoms with Crippen molar-refractivity contribution in [1.82, 2.24) is 0 Å². The van der Waals surface area contributed by atoms with Crippen molar-refractivity contribution < 1.29 is 38.1 Å². The number of rotatable bonds is 8. The van der Waals surface area contributed by atoms with Gasteiger partial charge in [-0.15, -0.1) is 0 Å². The molecule has 0 saturated heterocycles. The van der Waals surface area contributed by atoms with Gasteiger partial charge in [0.25, 0.3) is 5.41 Å². The lowest BCUT2D eigenvalue weighted by molar-refractivity contribution is -0.180. The highest BCUT2D eigenvalue weighted by molar-refractivity contribution is 6.30. The third-order valence-corrected chi connectivity index (χ3v) is 3.90. The maximum Gasteiger partial charge on any atom is 0.335 e. The van der Waals surface area contributed by atoms with Gasteiger partial charge in [-0.3, -0.25) is 14.4 Å². The molecule has 0 aliphatic carbocycles. The Morgan fingerprint density at radius 3 is 1.78 bits per heavy atom. The van der Waals surface area contributed by atoms with E-state index in [0.29, 0.717) is 10.6 Å². The smallest absolute Gasteiger partial charge is 0.335 e. The number of esters is 4. The lowest BCUT2D eigenvalue weighted by Crippen LogP contribution is -2.49. The molecule has 0 aliphatic rings. The Kier molecular flexibility index (Phi) is 7.99. The molecule has 0 spiro atoms. The van der Waals surface area contributed by atoms with E-state index in [0.717, 1.165) is 21.3 Å². The van der Waals surface area contributed by atoms with Crippen LogP contribution in [0.15, 0.2) is 36.4 Å². The van der Waals surface area contributed by atoms with Crippen molar-refractivity contribution >= 4 is 35.5 Å². The van der Waals surface area contributed by atoms with Gasteiger partial charge in [-0.1, -0.05) is 30.3 Å². The van der Waals surface area contributed by atoms with Crippen LogP contribution >= 0.6 is 11.6 Å². The fraction of sp³-hybridized carbons (Fsp3) is 0.333. The second-order valence-electron chi connectivity index (χ2n) is 5.36. The Labute approximate surface area is 161 Å². The first-order valence-electron chi connectivity index (χ1n) is 7.57. The van der Waals surface area contributed by atoms with Crippen LogP contribution in [-0.4, -0.2) is 45.2 Å². The van der Waals surface area contributed by atoms with E-state index in [2.05, 4.69) is 20.8 Å². The molecule has 0 saturated carbocycles. The van der Waals surface area contributed by atoms with Crippen LogP contribution in [0.5, 0.6) is 0 Å². The quantitative estimate of drug-likeness (QED) is 0.282. The van der Waals surface area contributed by atoms with Gasteiger partial charge in [-0.05, 0) is 17.7 Å². The molecule has 0 radical (unpaired) electrons. The third kappa shape index (κ3) is 5.07. The highest BCUT2D eigenvalue weighted by Gasteiger charge is 2.57. The Balaban J connectivity index is 2.98. The van der Waals surface area contributed by atoms with Crippen molar-refractivity contribution in [3.8, 4) is 0 Å². The summed E-state index contributed by atoms with van der Waals surface area (Å²) in [7, 11) is 2.93. The predicted molar refractivity (Wildman–Crippen MR) is 93.5 cm³/mol. The van der Waals surface area contributed by atoms with E-state index in [-0.39, 0.29) is 12.2 Å². The first-order chi connectivity index (χ1) is 12.7. The molecule has 1 aromatic carbocycles. The van der Waals surface area contributed by atoms with Gasteiger partial charge in [0.1, 0.15) is 6.61 Å². The molecule has 0 heterocycles. The van der Waals surface area contributed by atoms with Gasteiger partial charge in [0.15, 0.2) is 0 Å². The SMILES string of the molecule is C=C(CC(C(=O)OC)(C(=O)OC)C(=O)OC)C(=O)OCc1ccc(Cl)cc1. The Bertz CT molecular complexity index is 697.